The number of thiophene rings is 1. The molecule has 0 unspecified atom stereocenters. The normalized spacial score (nSPS) is 25.1. The van der Waals surface area contributed by atoms with Crippen LogP contribution in [-0.4, -0.2) is 77.0 Å². The molecule has 0 radical (unpaired) electrons. The molecule has 1 aliphatic carbocycles. The van der Waals surface area contributed by atoms with Gasteiger partial charge in [-0.2, -0.15) is 15.2 Å². The Morgan fingerprint density at radius 1 is 1.12 bits per heavy atom. The van der Waals surface area contributed by atoms with Gasteiger partial charge < -0.3 is 25.3 Å². The zero-order valence-electron chi connectivity index (χ0n) is 26.3. The number of nitrogens with two attached hydrogens (primary N) is 1. The maximum absolute atomic E-state index is 17.4. The summed E-state index contributed by atoms with van der Waals surface area (Å²) in [4.78, 5) is 28.2. The molecule has 0 bridgehead atoms. The molecule has 4 aliphatic heterocycles. The predicted molar refractivity (Wildman–Crippen MR) is 177 cm³/mol. The number of piperidine rings is 1. The van der Waals surface area contributed by atoms with Crippen molar-refractivity contribution in [3.05, 3.63) is 39.7 Å². The fourth-order valence-electron chi connectivity index (χ4n) is 8.62. The van der Waals surface area contributed by atoms with Gasteiger partial charge in [-0.3, -0.25) is 9.69 Å². The first-order chi connectivity index (χ1) is 23.2. The SMILES string of the molecule is N#Cc1c(N)sc2c(F)ccc(-c3c(F)c4nc(OC[C@@]56CCCN5C[C@H](F)C6)nc(N5CCC6(CC5)CNC6)c4c(=O)n3C3CC3)c12. The van der Waals surface area contributed by atoms with E-state index < -0.39 is 28.9 Å². The average Bonchev–Trinajstić information content (AvgIpc) is 3.63. The summed E-state index contributed by atoms with van der Waals surface area (Å²) in [5.41, 5.74) is 5.44. The number of nitrogen functional groups attached to an aromatic ring is 1. The smallest absolute Gasteiger partial charge is 0.319 e. The number of nitrogens with one attached hydrogen (secondary N) is 1. The number of nitriles is 1. The van der Waals surface area contributed by atoms with Crippen molar-refractivity contribution in [3.63, 3.8) is 0 Å². The molecule has 1 aromatic carbocycles. The molecule has 2 atom stereocenters. The van der Waals surface area contributed by atoms with Crippen molar-refractivity contribution < 1.29 is 17.9 Å². The number of ether oxygens (including phenoxy) is 1. The van der Waals surface area contributed by atoms with Gasteiger partial charge in [-0.1, -0.05) is 0 Å². The Bertz CT molecular complexity index is 2090. The Hall–Kier alpha value is -3.93. The molecule has 7 heterocycles. The van der Waals surface area contributed by atoms with Crippen LogP contribution in [0.3, 0.4) is 0 Å². The lowest BCUT2D eigenvalue weighted by atomic mass is 9.73. The molecule has 0 amide bonds. The van der Waals surface area contributed by atoms with Gasteiger partial charge in [-0.25, -0.2) is 13.2 Å². The number of pyridine rings is 1. The predicted octanol–water partition coefficient (Wildman–Crippen LogP) is 4.89. The second-order valence-corrected chi connectivity index (χ2v) is 15.4. The second kappa shape index (κ2) is 10.8. The molecule has 1 spiro atoms. The van der Waals surface area contributed by atoms with E-state index in [1.54, 1.807) is 0 Å². The van der Waals surface area contributed by atoms with Crippen LogP contribution in [0.1, 0.15) is 56.6 Å². The quantitative estimate of drug-likeness (QED) is 0.294. The molecule has 9 rings (SSSR count). The van der Waals surface area contributed by atoms with E-state index in [-0.39, 0.29) is 66.9 Å². The van der Waals surface area contributed by atoms with Crippen LogP contribution in [0.25, 0.3) is 32.2 Å². The van der Waals surface area contributed by atoms with Gasteiger partial charge in [0.2, 0.25) is 0 Å². The van der Waals surface area contributed by atoms with Crippen molar-refractivity contribution in [2.24, 2.45) is 5.41 Å². The summed E-state index contributed by atoms with van der Waals surface area (Å²) in [5.74, 6) is -1.02. The van der Waals surface area contributed by atoms with E-state index in [0.717, 1.165) is 56.7 Å². The molecule has 3 aromatic heterocycles. The van der Waals surface area contributed by atoms with E-state index in [1.165, 1.54) is 16.7 Å². The van der Waals surface area contributed by atoms with Crippen molar-refractivity contribution in [2.45, 2.75) is 62.7 Å². The van der Waals surface area contributed by atoms with E-state index in [1.807, 2.05) is 4.90 Å². The van der Waals surface area contributed by atoms with Crippen molar-refractivity contribution in [2.75, 3.05) is 56.5 Å². The topological polar surface area (TPSA) is 125 Å². The number of benzene rings is 1. The van der Waals surface area contributed by atoms with Gasteiger partial charge in [0.25, 0.3) is 5.56 Å². The lowest BCUT2D eigenvalue weighted by molar-refractivity contribution is 0.107. The summed E-state index contributed by atoms with van der Waals surface area (Å²) < 4.78 is 54.8. The summed E-state index contributed by atoms with van der Waals surface area (Å²) in [5, 5.41) is 13.7. The molecule has 5 fully saturated rings. The van der Waals surface area contributed by atoms with Crippen molar-refractivity contribution in [1.82, 2.24) is 24.8 Å². The number of rotatable bonds is 6. The van der Waals surface area contributed by atoms with E-state index >= 15 is 8.78 Å². The van der Waals surface area contributed by atoms with E-state index in [9.17, 15) is 14.4 Å². The third kappa shape index (κ3) is 4.46. The Kier molecular flexibility index (Phi) is 6.78. The lowest BCUT2D eigenvalue weighted by Crippen LogP contribution is -2.58. The van der Waals surface area contributed by atoms with Gasteiger partial charge in [0.1, 0.15) is 46.4 Å². The minimum Gasteiger partial charge on any atom is -0.461 e. The van der Waals surface area contributed by atoms with Crippen molar-refractivity contribution >= 4 is 43.1 Å². The zero-order valence-corrected chi connectivity index (χ0v) is 27.1. The molecular weight excluding hydrogens is 641 g/mol. The maximum atomic E-state index is 17.4. The molecule has 5 aliphatic rings. The highest BCUT2D eigenvalue weighted by atomic mass is 32.1. The van der Waals surface area contributed by atoms with Crippen molar-refractivity contribution in [1.29, 1.82) is 5.26 Å². The first-order valence-corrected chi connectivity index (χ1v) is 17.6. The van der Waals surface area contributed by atoms with Crippen LogP contribution in [0.2, 0.25) is 0 Å². The van der Waals surface area contributed by atoms with Crippen LogP contribution in [0.4, 0.5) is 24.0 Å². The molecule has 4 aromatic rings. The van der Waals surface area contributed by atoms with E-state index in [4.69, 9.17) is 15.5 Å². The standard InChI is InChI=1S/C34H35F3N8O2S/c35-18-12-34(6-1-9-44(34)14-18)17-47-32-41-26-24(30(42-32)43-10-7-33(8-11-43)15-40-16-33)31(46)45(19-2-3-19)27(25(26)37)20-4-5-22(36)28-23(20)21(13-38)29(39)48-28/h4-5,18-19,40H,1-3,6-12,14-17,39H2/t18-,34+/m1/s1. The highest BCUT2D eigenvalue weighted by Gasteiger charge is 2.49. The van der Waals surface area contributed by atoms with E-state index in [2.05, 4.69) is 21.3 Å². The number of hydrogen-bond acceptors (Lipinski definition) is 10. The number of hydrogen-bond donors (Lipinski definition) is 2. The summed E-state index contributed by atoms with van der Waals surface area (Å²) >= 11 is 0.921. The minimum atomic E-state index is -0.943. The highest BCUT2D eigenvalue weighted by Crippen LogP contribution is 2.46. The van der Waals surface area contributed by atoms with Gasteiger partial charge in [-0.15, -0.1) is 11.3 Å². The number of alkyl halides is 1. The maximum Gasteiger partial charge on any atom is 0.319 e. The molecule has 14 heteroatoms. The summed E-state index contributed by atoms with van der Waals surface area (Å²) in [6.07, 6.45) is 4.28. The Balaban J connectivity index is 1.24. The fraction of sp³-hybridized carbons (Fsp3) is 0.529. The van der Waals surface area contributed by atoms with Crippen LogP contribution in [0.5, 0.6) is 6.01 Å². The molecular formula is C34H35F3N8O2S. The average molecular weight is 677 g/mol. The van der Waals surface area contributed by atoms with Gasteiger partial charge in [0.15, 0.2) is 5.82 Å². The Labute approximate surface area is 278 Å². The third-order valence-electron chi connectivity index (χ3n) is 11.4. The Morgan fingerprint density at radius 3 is 2.62 bits per heavy atom. The molecule has 250 valence electrons. The number of halogens is 3. The number of nitrogens with zero attached hydrogens (tertiary/aromatic N) is 6. The number of anilines is 2. The van der Waals surface area contributed by atoms with Crippen LogP contribution >= 0.6 is 11.3 Å². The van der Waals surface area contributed by atoms with Crippen LogP contribution in [0, 0.1) is 28.4 Å². The van der Waals surface area contributed by atoms with Crippen LogP contribution < -0.4 is 26.2 Å². The largest absolute Gasteiger partial charge is 0.461 e. The minimum absolute atomic E-state index is 0.0435. The van der Waals surface area contributed by atoms with Gasteiger partial charge in [-0.05, 0) is 62.6 Å². The lowest BCUT2D eigenvalue weighted by Gasteiger charge is -2.48. The van der Waals surface area contributed by atoms with Gasteiger partial charge >= 0.3 is 6.01 Å². The molecule has 1 saturated carbocycles. The van der Waals surface area contributed by atoms with Crippen LogP contribution in [-0.2, 0) is 0 Å². The molecule has 3 N–H and O–H groups in total. The first kappa shape index (κ1) is 30.2. The Morgan fingerprint density at radius 2 is 1.92 bits per heavy atom. The number of aromatic nitrogens is 3. The fourth-order valence-corrected chi connectivity index (χ4v) is 9.57. The monoisotopic (exact) mass is 676 g/mol. The van der Waals surface area contributed by atoms with Crippen LogP contribution in [0.15, 0.2) is 16.9 Å². The zero-order chi connectivity index (χ0) is 32.9. The second-order valence-electron chi connectivity index (χ2n) is 14.3. The van der Waals surface area contributed by atoms with Gasteiger partial charge in [0, 0.05) is 56.1 Å². The molecule has 4 saturated heterocycles. The van der Waals surface area contributed by atoms with E-state index in [0.29, 0.717) is 44.7 Å². The summed E-state index contributed by atoms with van der Waals surface area (Å²) in [7, 11) is 0. The highest BCUT2D eigenvalue weighted by molar-refractivity contribution is 7.23. The molecule has 10 nitrogen and oxygen atoms in total. The molecule has 48 heavy (non-hydrogen) atoms. The first-order valence-electron chi connectivity index (χ1n) is 16.8. The summed E-state index contributed by atoms with van der Waals surface area (Å²) in [6, 6.07) is 4.34. The number of fused-ring (bicyclic) bond motifs is 3. The van der Waals surface area contributed by atoms with Crippen molar-refractivity contribution in [3.8, 4) is 23.3 Å². The third-order valence-corrected chi connectivity index (χ3v) is 12.4. The van der Waals surface area contributed by atoms with Gasteiger partial charge in [0.05, 0.1) is 21.5 Å². The summed E-state index contributed by atoms with van der Waals surface area (Å²) in [6.45, 7) is 4.48.